The van der Waals surface area contributed by atoms with Gasteiger partial charge in [0.2, 0.25) is 10.0 Å². The molecule has 82 valence electrons. The Morgan fingerprint density at radius 1 is 1.57 bits per heavy atom. The van der Waals surface area contributed by atoms with Crippen molar-refractivity contribution in [2.75, 3.05) is 19.5 Å². The van der Waals surface area contributed by atoms with Crippen LogP contribution >= 0.6 is 0 Å². The SMILES string of the molecule is COCCCS(=O)(=O)NC(C)CC#N. The first-order valence-electron chi connectivity index (χ1n) is 4.37. The second kappa shape index (κ2) is 6.76. The molecule has 0 radical (unpaired) electrons. The Balaban J connectivity index is 3.90. The highest BCUT2D eigenvalue weighted by Crippen LogP contribution is 1.95. The van der Waals surface area contributed by atoms with Gasteiger partial charge in [-0.2, -0.15) is 5.26 Å². The smallest absolute Gasteiger partial charge is 0.211 e. The third-order valence-electron chi connectivity index (χ3n) is 1.54. The average molecular weight is 220 g/mol. The number of methoxy groups -OCH3 is 1. The highest BCUT2D eigenvalue weighted by molar-refractivity contribution is 7.89. The molecule has 1 N–H and O–H groups in total. The van der Waals surface area contributed by atoms with E-state index in [-0.39, 0.29) is 18.2 Å². The minimum Gasteiger partial charge on any atom is -0.385 e. The summed E-state index contributed by atoms with van der Waals surface area (Å²) in [6.45, 7) is 2.09. The molecule has 1 unspecified atom stereocenters. The van der Waals surface area contributed by atoms with Gasteiger partial charge in [-0.1, -0.05) is 0 Å². The lowest BCUT2D eigenvalue weighted by Gasteiger charge is -2.10. The van der Waals surface area contributed by atoms with Crippen molar-refractivity contribution in [3.8, 4) is 6.07 Å². The molecule has 0 bridgehead atoms. The van der Waals surface area contributed by atoms with Crippen LogP contribution in [-0.2, 0) is 14.8 Å². The molecule has 0 spiro atoms. The fourth-order valence-corrected chi connectivity index (χ4v) is 2.25. The fourth-order valence-electron chi connectivity index (χ4n) is 0.937. The van der Waals surface area contributed by atoms with Crippen LogP contribution in [0.15, 0.2) is 0 Å². The van der Waals surface area contributed by atoms with Crippen molar-refractivity contribution in [1.82, 2.24) is 4.72 Å². The lowest BCUT2D eigenvalue weighted by molar-refractivity contribution is 0.199. The van der Waals surface area contributed by atoms with Crippen molar-refractivity contribution in [1.29, 1.82) is 5.26 Å². The fraction of sp³-hybridized carbons (Fsp3) is 0.875. The van der Waals surface area contributed by atoms with E-state index in [2.05, 4.69) is 4.72 Å². The number of ether oxygens (including phenoxy) is 1. The Morgan fingerprint density at radius 2 is 2.21 bits per heavy atom. The number of hydrogen-bond acceptors (Lipinski definition) is 4. The van der Waals surface area contributed by atoms with Crippen LogP contribution in [0, 0.1) is 11.3 Å². The summed E-state index contributed by atoms with van der Waals surface area (Å²) in [5.41, 5.74) is 0. The zero-order valence-electron chi connectivity index (χ0n) is 8.49. The van der Waals surface area contributed by atoms with Gasteiger partial charge in [0.05, 0.1) is 18.2 Å². The van der Waals surface area contributed by atoms with Crippen molar-refractivity contribution >= 4 is 10.0 Å². The Labute approximate surface area is 85.1 Å². The number of hydrogen-bond donors (Lipinski definition) is 1. The Morgan fingerprint density at radius 3 is 2.71 bits per heavy atom. The molecular weight excluding hydrogens is 204 g/mol. The van der Waals surface area contributed by atoms with Crippen LogP contribution in [0.4, 0.5) is 0 Å². The van der Waals surface area contributed by atoms with E-state index in [9.17, 15) is 8.42 Å². The third-order valence-corrected chi connectivity index (χ3v) is 3.13. The number of rotatable bonds is 7. The van der Waals surface area contributed by atoms with Gasteiger partial charge in [-0.3, -0.25) is 0 Å². The number of nitrogens with zero attached hydrogens (tertiary/aromatic N) is 1. The lowest BCUT2D eigenvalue weighted by atomic mass is 10.3. The van der Waals surface area contributed by atoms with Crippen molar-refractivity contribution < 1.29 is 13.2 Å². The summed E-state index contributed by atoms with van der Waals surface area (Å²) in [4.78, 5) is 0. The number of nitriles is 1. The van der Waals surface area contributed by atoms with Gasteiger partial charge in [0.1, 0.15) is 0 Å². The van der Waals surface area contributed by atoms with Crippen LogP contribution in [0.25, 0.3) is 0 Å². The lowest BCUT2D eigenvalue weighted by Crippen LogP contribution is -2.34. The summed E-state index contributed by atoms with van der Waals surface area (Å²) in [5.74, 6) is 0.0383. The average Bonchev–Trinajstić information content (AvgIpc) is 2.03. The minimum absolute atomic E-state index is 0.0383. The standard InChI is InChI=1S/C8H16N2O3S/c1-8(4-5-9)10-14(11,12)7-3-6-13-2/h8,10H,3-4,6-7H2,1-2H3. The van der Waals surface area contributed by atoms with E-state index < -0.39 is 10.0 Å². The second-order valence-electron chi connectivity index (χ2n) is 3.05. The van der Waals surface area contributed by atoms with Gasteiger partial charge >= 0.3 is 0 Å². The first-order valence-corrected chi connectivity index (χ1v) is 6.03. The summed E-state index contributed by atoms with van der Waals surface area (Å²) in [6, 6.07) is 1.58. The zero-order valence-corrected chi connectivity index (χ0v) is 9.30. The van der Waals surface area contributed by atoms with E-state index >= 15 is 0 Å². The molecule has 0 saturated carbocycles. The quantitative estimate of drug-likeness (QED) is 0.623. The Kier molecular flexibility index (Phi) is 6.45. The molecule has 0 aromatic rings. The highest BCUT2D eigenvalue weighted by Gasteiger charge is 2.13. The molecule has 5 nitrogen and oxygen atoms in total. The van der Waals surface area contributed by atoms with Crippen molar-refractivity contribution in [3.63, 3.8) is 0 Å². The van der Waals surface area contributed by atoms with Gasteiger partial charge in [-0.25, -0.2) is 13.1 Å². The van der Waals surface area contributed by atoms with Crippen LogP contribution in [0.2, 0.25) is 0 Å². The van der Waals surface area contributed by atoms with Gasteiger partial charge in [0.15, 0.2) is 0 Å². The summed E-state index contributed by atoms with van der Waals surface area (Å²) in [6.07, 6.45) is 0.647. The van der Waals surface area contributed by atoms with E-state index in [1.165, 1.54) is 7.11 Å². The topological polar surface area (TPSA) is 79.2 Å². The first-order chi connectivity index (χ1) is 6.52. The minimum atomic E-state index is -3.26. The van der Waals surface area contributed by atoms with Crippen LogP contribution in [0.3, 0.4) is 0 Å². The monoisotopic (exact) mass is 220 g/mol. The largest absolute Gasteiger partial charge is 0.385 e. The molecule has 0 fully saturated rings. The van der Waals surface area contributed by atoms with E-state index in [0.717, 1.165) is 0 Å². The van der Waals surface area contributed by atoms with Crippen LogP contribution in [0.5, 0.6) is 0 Å². The van der Waals surface area contributed by atoms with E-state index in [1.54, 1.807) is 6.92 Å². The molecule has 0 aliphatic heterocycles. The Hall–Kier alpha value is -0.640. The van der Waals surface area contributed by atoms with Crippen molar-refractivity contribution in [3.05, 3.63) is 0 Å². The first kappa shape index (κ1) is 13.4. The maximum Gasteiger partial charge on any atom is 0.211 e. The molecule has 0 aliphatic carbocycles. The van der Waals surface area contributed by atoms with Gasteiger partial charge in [0.25, 0.3) is 0 Å². The van der Waals surface area contributed by atoms with Gasteiger partial charge in [-0.05, 0) is 13.3 Å². The van der Waals surface area contributed by atoms with Crippen molar-refractivity contribution in [2.45, 2.75) is 25.8 Å². The highest BCUT2D eigenvalue weighted by atomic mass is 32.2. The Bertz CT molecular complexity index is 281. The third kappa shape index (κ3) is 6.83. The normalized spacial score (nSPS) is 13.5. The molecule has 0 rings (SSSR count). The molecule has 0 saturated heterocycles. The summed E-state index contributed by atoms with van der Waals surface area (Å²) in [5, 5.41) is 8.34. The number of sulfonamides is 1. The zero-order chi connectivity index (χ0) is 11.0. The van der Waals surface area contributed by atoms with Gasteiger partial charge in [0, 0.05) is 19.8 Å². The molecule has 0 aromatic carbocycles. The van der Waals surface area contributed by atoms with Crippen LogP contribution in [0.1, 0.15) is 19.8 Å². The van der Waals surface area contributed by atoms with E-state index in [0.29, 0.717) is 13.0 Å². The van der Waals surface area contributed by atoms with E-state index in [4.69, 9.17) is 10.00 Å². The van der Waals surface area contributed by atoms with E-state index in [1.807, 2.05) is 6.07 Å². The van der Waals surface area contributed by atoms with Gasteiger partial charge in [-0.15, -0.1) is 0 Å². The van der Waals surface area contributed by atoms with Crippen LogP contribution in [-0.4, -0.2) is 33.9 Å². The molecule has 1 atom stereocenters. The molecule has 0 heterocycles. The van der Waals surface area contributed by atoms with Crippen molar-refractivity contribution in [2.24, 2.45) is 0 Å². The summed E-state index contributed by atoms with van der Waals surface area (Å²) in [7, 11) is -1.73. The predicted octanol–water partition coefficient (Wildman–Crippen LogP) is 0.244. The maximum atomic E-state index is 11.3. The molecule has 0 amide bonds. The molecule has 0 aromatic heterocycles. The summed E-state index contributed by atoms with van der Waals surface area (Å²) < 4.78 is 29.8. The second-order valence-corrected chi connectivity index (χ2v) is 4.92. The summed E-state index contributed by atoms with van der Waals surface area (Å²) >= 11 is 0. The molecular formula is C8H16N2O3S. The van der Waals surface area contributed by atoms with Gasteiger partial charge < -0.3 is 4.74 Å². The maximum absolute atomic E-state index is 11.3. The number of nitrogens with one attached hydrogen (secondary N) is 1. The predicted molar refractivity (Wildman–Crippen MR) is 53.1 cm³/mol. The molecule has 0 aliphatic rings. The molecule has 6 heteroatoms. The van der Waals surface area contributed by atoms with Crippen LogP contribution < -0.4 is 4.72 Å². The molecule has 14 heavy (non-hydrogen) atoms.